The van der Waals surface area contributed by atoms with Crippen molar-refractivity contribution in [3.8, 4) is 0 Å². The van der Waals surface area contributed by atoms with Gasteiger partial charge in [-0.1, -0.05) is 46.5 Å². The molecule has 3 nitrogen and oxygen atoms in total. The van der Waals surface area contributed by atoms with Gasteiger partial charge in [0.05, 0.1) is 0 Å². The van der Waals surface area contributed by atoms with Crippen molar-refractivity contribution in [1.29, 1.82) is 0 Å². The third kappa shape index (κ3) is 42.2. The van der Waals surface area contributed by atoms with E-state index in [1.54, 1.807) is 0 Å². The zero-order chi connectivity index (χ0) is 11.8. The molecule has 0 aromatic heterocycles. The highest BCUT2D eigenvalue weighted by Crippen LogP contribution is 1.95. The van der Waals surface area contributed by atoms with E-state index in [1.807, 2.05) is 6.92 Å². The summed E-state index contributed by atoms with van der Waals surface area (Å²) in [6, 6.07) is 0. The van der Waals surface area contributed by atoms with Gasteiger partial charge in [-0.05, 0) is 6.42 Å². The van der Waals surface area contributed by atoms with Crippen molar-refractivity contribution < 1.29 is 15.0 Å². The van der Waals surface area contributed by atoms with Gasteiger partial charge in [0.2, 0.25) is 0 Å². The van der Waals surface area contributed by atoms with Crippen LogP contribution in [0.15, 0.2) is 0 Å². The normalized spacial score (nSPS) is 7.79. The standard InChI is InChI=1S/C6H14.C4H8O2.CH4O/c1-3-5-6-4-2;1-2-3-4(5)6;1-2/h3-6H2,1-2H3;2-3H2,1H3,(H,5,6);2H,1H3. The molecule has 0 aromatic rings. The third-order valence-electron chi connectivity index (χ3n) is 1.42. The van der Waals surface area contributed by atoms with Crippen LogP contribution in [-0.4, -0.2) is 23.3 Å². The van der Waals surface area contributed by atoms with E-state index in [0.717, 1.165) is 13.5 Å². The molecule has 0 saturated heterocycles. The largest absolute Gasteiger partial charge is 0.481 e. The van der Waals surface area contributed by atoms with Crippen molar-refractivity contribution in [2.24, 2.45) is 0 Å². The average molecular weight is 206 g/mol. The summed E-state index contributed by atoms with van der Waals surface area (Å²) >= 11 is 0. The molecule has 88 valence electrons. The van der Waals surface area contributed by atoms with Crippen molar-refractivity contribution in [3.05, 3.63) is 0 Å². The number of hydrogen-bond donors (Lipinski definition) is 2. The van der Waals surface area contributed by atoms with Gasteiger partial charge in [-0.2, -0.15) is 0 Å². The van der Waals surface area contributed by atoms with Crippen LogP contribution in [0.2, 0.25) is 0 Å². The number of aliphatic carboxylic acids is 1. The second-order valence-electron chi connectivity index (χ2n) is 2.85. The van der Waals surface area contributed by atoms with Crippen molar-refractivity contribution in [3.63, 3.8) is 0 Å². The molecule has 0 aliphatic carbocycles. The van der Waals surface area contributed by atoms with Gasteiger partial charge in [0.25, 0.3) is 0 Å². The molecule has 0 aromatic carbocycles. The maximum atomic E-state index is 9.60. The second kappa shape index (κ2) is 22.9. The summed E-state index contributed by atoms with van der Waals surface area (Å²) in [5.74, 6) is -0.711. The molecule has 0 saturated carbocycles. The SMILES string of the molecule is CCCC(=O)O.CCCCCC.CO. The number of aliphatic hydroxyl groups excluding tert-OH is 1. The minimum atomic E-state index is -0.711. The van der Waals surface area contributed by atoms with E-state index < -0.39 is 5.97 Å². The van der Waals surface area contributed by atoms with Crippen LogP contribution in [0.1, 0.15) is 59.3 Å². The van der Waals surface area contributed by atoms with Crippen molar-refractivity contribution in [2.75, 3.05) is 7.11 Å². The predicted octanol–water partition coefficient (Wildman–Crippen LogP) is 3.07. The monoisotopic (exact) mass is 206 g/mol. The predicted molar refractivity (Wildman–Crippen MR) is 60.5 cm³/mol. The molecular formula is C11H26O3. The van der Waals surface area contributed by atoms with E-state index in [-0.39, 0.29) is 0 Å². The average Bonchev–Trinajstić information content (AvgIpc) is 2.18. The number of hydrogen-bond acceptors (Lipinski definition) is 2. The molecule has 0 rings (SSSR count). The molecule has 0 heterocycles. The molecule has 0 spiro atoms. The molecule has 3 heteroatoms. The maximum Gasteiger partial charge on any atom is 0.303 e. The van der Waals surface area contributed by atoms with Crippen molar-refractivity contribution >= 4 is 5.97 Å². The Balaban J connectivity index is -0.000000147. The van der Waals surface area contributed by atoms with Gasteiger partial charge in [0.15, 0.2) is 0 Å². The van der Waals surface area contributed by atoms with Crippen LogP contribution in [0.25, 0.3) is 0 Å². The Bertz CT molecular complexity index is 88.5. The summed E-state index contributed by atoms with van der Waals surface area (Å²) in [6.45, 7) is 6.30. The van der Waals surface area contributed by atoms with Gasteiger partial charge in [-0.3, -0.25) is 4.79 Å². The first-order valence-corrected chi connectivity index (χ1v) is 5.35. The highest BCUT2D eigenvalue weighted by molar-refractivity contribution is 5.66. The molecule has 0 unspecified atom stereocenters. The lowest BCUT2D eigenvalue weighted by Gasteiger charge is -1.86. The van der Waals surface area contributed by atoms with E-state index in [0.29, 0.717) is 6.42 Å². The van der Waals surface area contributed by atoms with Gasteiger partial charge >= 0.3 is 5.97 Å². The molecular weight excluding hydrogens is 180 g/mol. The fourth-order valence-electron chi connectivity index (χ4n) is 0.714. The molecule has 0 bridgehead atoms. The van der Waals surface area contributed by atoms with Crippen molar-refractivity contribution in [1.82, 2.24) is 0 Å². The summed E-state index contributed by atoms with van der Waals surface area (Å²) < 4.78 is 0. The van der Waals surface area contributed by atoms with E-state index >= 15 is 0 Å². The topological polar surface area (TPSA) is 57.5 Å². The van der Waals surface area contributed by atoms with Crippen LogP contribution in [0.3, 0.4) is 0 Å². The lowest BCUT2D eigenvalue weighted by Crippen LogP contribution is -1.90. The first-order chi connectivity index (χ1) is 6.68. The van der Waals surface area contributed by atoms with Crippen LogP contribution in [0.5, 0.6) is 0 Å². The lowest BCUT2D eigenvalue weighted by molar-refractivity contribution is -0.137. The second-order valence-corrected chi connectivity index (χ2v) is 2.85. The van der Waals surface area contributed by atoms with Crippen LogP contribution in [0.4, 0.5) is 0 Å². The van der Waals surface area contributed by atoms with Crippen LogP contribution >= 0.6 is 0 Å². The van der Waals surface area contributed by atoms with Crippen LogP contribution in [0, 0.1) is 0 Å². The van der Waals surface area contributed by atoms with Gasteiger partial charge < -0.3 is 10.2 Å². The molecule has 0 amide bonds. The van der Waals surface area contributed by atoms with Gasteiger partial charge in [-0.15, -0.1) is 0 Å². The highest BCUT2D eigenvalue weighted by Gasteiger charge is 1.87. The van der Waals surface area contributed by atoms with Gasteiger partial charge in [-0.25, -0.2) is 0 Å². The highest BCUT2D eigenvalue weighted by atomic mass is 16.4. The Hall–Kier alpha value is -0.570. The zero-order valence-corrected chi connectivity index (χ0v) is 10.0. The number of aliphatic hydroxyl groups is 1. The van der Waals surface area contributed by atoms with E-state index in [2.05, 4.69) is 13.8 Å². The first kappa shape index (κ1) is 19.1. The minimum absolute atomic E-state index is 0.292. The molecule has 0 aliphatic rings. The number of carboxylic acids is 1. The Morgan fingerprint density at radius 2 is 1.29 bits per heavy atom. The van der Waals surface area contributed by atoms with Crippen LogP contribution in [-0.2, 0) is 4.79 Å². The minimum Gasteiger partial charge on any atom is -0.481 e. The first-order valence-electron chi connectivity index (χ1n) is 5.35. The quantitative estimate of drug-likeness (QED) is 0.680. The summed E-state index contributed by atoms with van der Waals surface area (Å²) in [5.41, 5.74) is 0. The van der Waals surface area contributed by atoms with Crippen molar-refractivity contribution in [2.45, 2.75) is 59.3 Å². The van der Waals surface area contributed by atoms with Crippen LogP contribution < -0.4 is 0 Å². The zero-order valence-electron chi connectivity index (χ0n) is 10.0. The Morgan fingerprint density at radius 1 is 0.929 bits per heavy atom. The Labute approximate surface area is 88.2 Å². The molecule has 0 aliphatic heterocycles. The number of carboxylic acid groups (broad SMARTS) is 1. The number of rotatable bonds is 5. The molecule has 0 fully saturated rings. The fraction of sp³-hybridized carbons (Fsp3) is 0.909. The molecule has 0 radical (unpaired) electrons. The molecule has 14 heavy (non-hydrogen) atoms. The summed E-state index contributed by atoms with van der Waals surface area (Å²) in [4.78, 5) is 9.60. The van der Waals surface area contributed by atoms with E-state index in [1.165, 1.54) is 25.7 Å². The van der Waals surface area contributed by atoms with Gasteiger partial charge in [0.1, 0.15) is 0 Å². The smallest absolute Gasteiger partial charge is 0.303 e. The summed E-state index contributed by atoms with van der Waals surface area (Å²) in [6.07, 6.45) is 6.56. The number of unbranched alkanes of at least 4 members (excludes halogenated alkanes) is 3. The summed E-state index contributed by atoms with van der Waals surface area (Å²) in [5, 5.41) is 14.9. The van der Waals surface area contributed by atoms with E-state index in [4.69, 9.17) is 10.2 Å². The lowest BCUT2D eigenvalue weighted by atomic mass is 10.2. The Morgan fingerprint density at radius 3 is 1.36 bits per heavy atom. The summed E-state index contributed by atoms with van der Waals surface area (Å²) in [7, 11) is 1.00. The van der Waals surface area contributed by atoms with E-state index in [9.17, 15) is 4.79 Å². The Kier molecular flexibility index (Phi) is 31.1. The van der Waals surface area contributed by atoms with Gasteiger partial charge in [0, 0.05) is 13.5 Å². The third-order valence-corrected chi connectivity index (χ3v) is 1.42. The molecule has 0 atom stereocenters. The number of carbonyl (C=O) groups is 1. The molecule has 2 N–H and O–H groups in total. The maximum absolute atomic E-state index is 9.60. The fourth-order valence-corrected chi connectivity index (χ4v) is 0.714.